The molecule has 10 heteroatoms. The van der Waals surface area contributed by atoms with Crippen molar-refractivity contribution in [2.24, 2.45) is 0 Å². The number of aromatic nitrogens is 2. The Bertz CT molecular complexity index is 1410. The summed E-state index contributed by atoms with van der Waals surface area (Å²) in [5.41, 5.74) is -1.40. The largest absolute Gasteiger partial charge is 0.496 e. The molecule has 0 saturated carbocycles. The predicted octanol–water partition coefficient (Wildman–Crippen LogP) is 3.22. The molecule has 0 atom stereocenters. The molecule has 3 aromatic rings. The van der Waals surface area contributed by atoms with Gasteiger partial charge < -0.3 is 14.8 Å². The van der Waals surface area contributed by atoms with Crippen molar-refractivity contribution in [2.75, 3.05) is 13.7 Å². The SMILES string of the molecule is CCOC(=O)c1sc2c(c1C)c(=O)n(C(C)(C)C(=O)NC(C)C)c(=O)n2CCc1ccccc1OC. The van der Waals surface area contributed by atoms with Crippen LogP contribution in [0.1, 0.15) is 55.4 Å². The molecular weight excluding hydrogens is 482 g/mol. The summed E-state index contributed by atoms with van der Waals surface area (Å²) < 4.78 is 13.1. The summed E-state index contributed by atoms with van der Waals surface area (Å²) in [7, 11) is 1.58. The van der Waals surface area contributed by atoms with Gasteiger partial charge in [0.2, 0.25) is 5.91 Å². The second kappa shape index (κ2) is 10.7. The van der Waals surface area contributed by atoms with Crippen molar-refractivity contribution >= 4 is 33.4 Å². The fourth-order valence-corrected chi connectivity index (χ4v) is 5.32. The lowest BCUT2D eigenvalue weighted by atomic mass is 10.0. The number of aryl methyl sites for hydroxylation is 3. The molecule has 0 aliphatic carbocycles. The second-order valence-corrected chi connectivity index (χ2v) is 10.3. The van der Waals surface area contributed by atoms with E-state index in [9.17, 15) is 19.2 Å². The fourth-order valence-electron chi connectivity index (χ4n) is 4.11. The molecular formula is C26H33N3O6S. The number of amides is 1. The van der Waals surface area contributed by atoms with E-state index in [0.29, 0.717) is 22.6 Å². The number of hydrogen-bond acceptors (Lipinski definition) is 7. The van der Waals surface area contributed by atoms with Crippen LogP contribution in [0.2, 0.25) is 0 Å². The molecule has 1 amide bonds. The summed E-state index contributed by atoms with van der Waals surface area (Å²) in [6.45, 7) is 10.4. The average molecular weight is 516 g/mol. The van der Waals surface area contributed by atoms with Crippen LogP contribution in [0.15, 0.2) is 33.9 Å². The van der Waals surface area contributed by atoms with Crippen LogP contribution in [0.5, 0.6) is 5.75 Å². The predicted molar refractivity (Wildman–Crippen MR) is 140 cm³/mol. The van der Waals surface area contributed by atoms with Gasteiger partial charge in [-0.1, -0.05) is 18.2 Å². The Morgan fingerprint density at radius 3 is 2.44 bits per heavy atom. The van der Waals surface area contributed by atoms with E-state index < -0.39 is 28.7 Å². The molecule has 36 heavy (non-hydrogen) atoms. The van der Waals surface area contributed by atoms with E-state index in [1.54, 1.807) is 34.8 Å². The summed E-state index contributed by atoms with van der Waals surface area (Å²) in [5, 5.41) is 3.03. The molecule has 0 radical (unpaired) electrons. The van der Waals surface area contributed by atoms with Crippen LogP contribution >= 0.6 is 11.3 Å². The number of benzene rings is 1. The first-order chi connectivity index (χ1) is 16.9. The third kappa shape index (κ3) is 4.95. The zero-order valence-corrected chi connectivity index (χ0v) is 22.6. The van der Waals surface area contributed by atoms with Crippen molar-refractivity contribution in [1.29, 1.82) is 0 Å². The minimum atomic E-state index is -1.47. The van der Waals surface area contributed by atoms with E-state index in [0.717, 1.165) is 21.5 Å². The summed E-state index contributed by atoms with van der Waals surface area (Å²) >= 11 is 1.05. The molecule has 1 N–H and O–H groups in total. The van der Waals surface area contributed by atoms with E-state index in [1.165, 1.54) is 18.4 Å². The molecule has 0 bridgehead atoms. The monoisotopic (exact) mass is 515 g/mol. The number of esters is 1. The Labute approximate surface area is 213 Å². The third-order valence-corrected chi connectivity index (χ3v) is 7.30. The van der Waals surface area contributed by atoms with E-state index in [1.807, 2.05) is 24.3 Å². The van der Waals surface area contributed by atoms with Gasteiger partial charge in [0.05, 0.1) is 19.1 Å². The number of thiophene rings is 1. The molecule has 3 rings (SSSR count). The smallest absolute Gasteiger partial charge is 0.348 e. The first kappa shape index (κ1) is 27.2. The van der Waals surface area contributed by atoms with Crippen molar-refractivity contribution in [3.05, 3.63) is 61.1 Å². The minimum absolute atomic E-state index is 0.178. The van der Waals surface area contributed by atoms with E-state index in [-0.39, 0.29) is 29.5 Å². The van der Waals surface area contributed by atoms with E-state index in [2.05, 4.69) is 5.32 Å². The van der Waals surface area contributed by atoms with Crippen LogP contribution in [0.4, 0.5) is 0 Å². The highest BCUT2D eigenvalue weighted by atomic mass is 32.1. The van der Waals surface area contributed by atoms with Crippen LogP contribution in [0.25, 0.3) is 10.2 Å². The molecule has 0 saturated heterocycles. The molecule has 0 aliphatic rings. The maximum Gasteiger partial charge on any atom is 0.348 e. The normalized spacial score (nSPS) is 11.7. The number of hydrogen-bond donors (Lipinski definition) is 1. The number of carbonyl (C=O) groups excluding carboxylic acids is 2. The van der Waals surface area contributed by atoms with Crippen molar-refractivity contribution in [1.82, 2.24) is 14.5 Å². The maximum absolute atomic E-state index is 13.8. The van der Waals surface area contributed by atoms with Gasteiger partial charge in [-0.2, -0.15) is 0 Å². The Kier molecular flexibility index (Phi) is 8.08. The standard InChI is InChI=1S/C26H33N3O6S/c1-8-35-23(31)20-16(4)19-21(30)29(26(5,6)24(32)27-15(2)3)25(33)28(22(19)36-20)14-13-17-11-9-10-12-18(17)34-7/h9-12,15H,8,13-14H2,1-7H3,(H,27,32). The number of rotatable bonds is 9. The van der Waals surface area contributed by atoms with Gasteiger partial charge in [-0.15, -0.1) is 11.3 Å². The number of fused-ring (bicyclic) bond motifs is 1. The van der Waals surface area contributed by atoms with Gasteiger partial charge in [0, 0.05) is 12.6 Å². The van der Waals surface area contributed by atoms with Gasteiger partial charge in [-0.3, -0.25) is 14.2 Å². The highest BCUT2D eigenvalue weighted by Crippen LogP contribution is 2.30. The number of nitrogens with zero attached hydrogens (tertiary/aromatic N) is 2. The van der Waals surface area contributed by atoms with Gasteiger partial charge in [0.25, 0.3) is 5.56 Å². The Morgan fingerprint density at radius 2 is 1.83 bits per heavy atom. The number of nitrogens with one attached hydrogen (secondary N) is 1. The molecule has 9 nitrogen and oxygen atoms in total. The molecule has 0 aliphatic heterocycles. The van der Waals surface area contributed by atoms with Gasteiger partial charge in [-0.25, -0.2) is 14.2 Å². The molecule has 194 valence electrons. The minimum Gasteiger partial charge on any atom is -0.496 e. The summed E-state index contributed by atoms with van der Waals surface area (Å²) in [6, 6.07) is 7.30. The average Bonchev–Trinajstić information content (AvgIpc) is 3.16. The van der Waals surface area contributed by atoms with Gasteiger partial charge in [0.1, 0.15) is 21.0 Å². The molecule has 0 spiro atoms. The maximum atomic E-state index is 13.8. The van der Waals surface area contributed by atoms with Gasteiger partial charge in [0.15, 0.2) is 0 Å². The molecule has 2 aromatic heterocycles. The number of ether oxygens (including phenoxy) is 2. The van der Waals surface area contributed by atoms with Crippen LogP contribution in [0, 0.1) is 6.92 Å². The van der Waals surface area contributed by atoms with E-state index >= 15 is 0 Å². The van der Waals surface area contributed by atoms with E-state index in [4.69, 9.17) is 9.47 Å². The zero-order valence-electron chi connectivity index (χ0n) is 21.8. The lowest BCUT2D eigenvalue weighted by Crippen LogP contribution is -2.56. The number of carbonyl (C=O) groups is 2. The molecule has 0 fully saturated rings. The molecule has 2 heterocycles. The van der Waals surface area contributed by atoms with Crippen LogP contribution < -0.4 is 21.3 Å². The second-order valence-electron chi connectivity index (χ2n) is 9.28. The van der Waals surface area contributed by atoms with Crippen molar-refractivity contribution in [2.45, 2.75) is 66.1 Å². The Hall–Kier alpha value is -3.40. The quantitative estimate of drug-likeness (QED) is 0.439. The number of para-hydroxylation sites is 1. The highest BCUT2D eigenvalue weighted by molar-refractivity contribution is 7.20. The van der Waals surface area contributed by atoms with Crippen molar-refractivity contribution in [3.63, 3.8) is 0 Å². The topological polar surface area (TPSA) is 109 Å². The Balaban J connectivity index is 2.29. The summed E-state index contributed by atoms with van der Waals surface area (Å²) in [5.74, 6) is -0.324. The first-order valence-corrected chi connectivity index (χ1v) is 12.7. The number of methoxy groups -OCH3 is 1. The zero-order chi connectivity index (χ0) is 26.8. The molecule has 0 unspecified atom stereocenters. The van der Waals surface area contributed by atoms with Crippen LogP contribution in [-0.2, 0) is 28.0 Å². The first-order valence-electron chi connectivity index (χ1n) is 11.8. The molecule has 1 aromatic carbocycles. The van der Waals surface area contributed by atoms with Gasteiger partial charge >= 0.3 is 11.7 Å². The fraction of sp³-hybridized carbons (Fsp3) is 0.462. The lowest BCUT2D eigenvalue weighted by molar-refractivity contribution is -0.129. The summed E-state index contributed by atoms with van der Waals surface area (Å²) in [4.78, 5) is 53.9. The highest BCUT2D eigenvalue weighted by Gasteiger charge is 2.36. The lowest BCUT2D eigenvalue weighted by Gasteiger charge is -2.27. The van der Waals surface area contributed by atoms with Crippen molar-refractivity contribution < 1.29 is 19.1 Å². The van der Waals surface area contributed by atoms with Crippen molar-refractivity contribution in [3.8, 4) is 5.75 Å². The Morgan fingerprint density at radius 1 is 1.17 bits per heavy atom. The van der Waals surface area contributed by atoms with Crippen LogP contribution in [-0.4, -0.2) is 40.8 Å². The van der Waals surface area contributed by atoms with Crippen LogP contribution in [0.3, 0.4) is 0 Å². The van der Waals surface area contributed by atoms with Gasteiger partial charge in [-0.05, 0) is 65.2 Å². The summed E-state index contributed by atoms with van der Waals surface area (Å²) in [6.07, 6.45) is 0.432. The third-order valence-electron chi connectivity index (χ3n) is 6.01.